The number of thioether (sulfide) groups is 1. The minimum absolute atomic E-state index is 0.0910. The third-order valence-corrected chi connectivity index (χ3v) is 5.92. The van der Waals surface area contributed by atoms with E-state index in [2.05, 4.69) is 20.8 Å². The number of nitrogens with one attached hydrogen (secondary N) is 2. The molecule has 11 heteroatoms. The Hall–Kier alpha value is -3.37. The van der Waals surface area contributed by atoms with Crippen molar-refractivity contribution in [2.75, 3.05) is 17.7 Å². The van der Waals surface area contributed by atoms with Crippen molar-refractivity contribution in [2.45, 2.75) is 32.1 Å². The molecule has 3 rings (SSSR count). The Bertz CT molecular complexity index is 1180. The highest BCUT2D eigenvalue weighted by Gasteiger charge is 2.16. The van der Waals surface area contributed by atoms with E-state index in [9.17, 15) is 14.4 Å². The Labute approximate surface area is 206 Å². The summed E-state index contributed by atoms with van der Waals surface area (Å²) in [6, 6.07) is 13.3. The number of halogens is 1. The van der Waals surface area contributed by atoms with Gasteiger partial charge in [-0.15, -0.1) is 10.2 Å². The molecule has 2 N–H and O–H groups in total. The lowest BCUT2D eigenvalue weighted by atomic mass is 10.2. The minimum atomic E-state index is -0.446. The number of amides is 2. The van der Waals surface area contributed by atoms with Crippen molar-refractivity contribution in [3.8, 4) is 0 Å². The van der Waals surface area contributed by atoms with Crippen molar-refractivity contribution in [2.24, 2.45) is 0 Å². The first kappa shape index (κ1) is 25.3. The van der Waals surface area contributed by atoms with Crippen LogP contribution in [-0.2, 0) is 22.6 Å². The Morgan fingerprint density at radius 1 is 1.09 bits per heavy atom. The fourth-order valence-electron chi connectivity index (χ4n) is 3.04. The summed E-state index contributed by atoms with van der Waals surface area (Å²) in [6.45, 7) is 4.66. The second-order valence-corrected chi connectivity index (χ2v) is 8.29. The van der Waals surface area contributed by atoms with Crippen molar-refractivity contribution in [3.63, 3.8) is 0 Å². The van der Waals surface area contributed by atoms with E-state index < -0.39 is 5.97 Å². The zero-order valence-corrected chi connectivity index (χ0v) is 20.3. The third kappa shape index (κ3) is 6.58. The van der Waals surface area contributed by atoms with Gasteiger partial charge in [0.25, 0.3) is 5.91 Å². The largest absolute Gasteiger partial charge is 0.462 e. The Balaban J connectivity index is 1.57. The van der Waals surface area contributed by atoms with Crippen LogP contribution in [0.4, 0.5) is 5.69 Å². The summed E-state index contributed by atoms with van der Waals surface area (Å²) in [5, 5.41) is 14.8. The molecule has 0 radical (unpaired) electrons. The molecule has 1 heterocycles. The Morgan fingerprint density at radius 2 is 1.88 bits per heavy atom. The first-order chi connectivity index (χ1) is 16.4. The van der Waals surface area contributed by atoms with E-state index in [0.717, 1.165) is 0 Å². The second kappa shape index (κ2) is 12.2. The van der Waals surface area contributed by atoms with Gasteiger partial charge < -0.3 is 19.9 Å². The lowest BCUT2D eigenvalue weighted by Crippen LogP contribution is -2.25. The number of esters is 1. The first-order valence-corrected chi connectivity index (χ1v) is 11.9. The maximum atomic E-state index is 12.4. The van der Waals surface area contributed by atoms with E-state index in [1.54, 1.807) is 55.5 Å². The molecule has 0 unspecified atom stereocenters. The van der Waals surface area contributed by atoms with E-state index >= 15 is 0 Å². The molecule has 3 aromatic rings. The molecule has 1 aromatic heterocycles. The van der Waals surface area contributed by atoms with E-state index in [-0.39, 0.29) is 30.7 Å². The van der Waals surface area contributed by atoms with Gasteiger partial charge in [0.2, 0.25) is 5.91 Å². The number of benzene rings is 2. The number of rotatable bonds is 10. The van der Waals surface area contributed by atoms with Gasteiger partial charge >= 0.3 is 5.97 Å². The van der Waals surface area contributed by atoms with Gasteiger partial charge in [-0.1, -0.05) is 41.6 Å². The fraction of sp³-hybridized carbons (Fsp3) is 0.261. The number of anilines is 1. The minimum Gasteiger partial charge on any atom is -0.462 e. The number of aromatic nitrogens is 3. The van der Waals surface area contributed by atoms with Crippen LogP contribution in [0.5, 0.6) is 0 Å². The van der Waals surface area contributed by atoms with Crippen molar-refractivity contribution < 1.29 is 19.1 Å². The van der Waals surface area contributed by atoms with Gasteiger partial charge in [0.1, 0.15) is 0 Å². The SMILES string of the molecule is CCOC(=O)c1cccc(NC(=O)CSc2nnc(CNC(=O)c3ccccc3Cl)n2CC)c1. The van der Waals surface area contributed by atoms with E-state index in [0.29, 0.717) is 39.4 Å². The van der Waals surface area contributed by atoms with Crippen LogP contribution in [0.1, 0.15) is 40.4 Å². The molecule has 0 aliphatic rings. The molecule has 0 saturated carbocycles. The first-order valence-electron chi connectivity index (χ1n) is 10.6. The molecular weight excluding hydrogens is 478 g/mol. The van der Waals surface area contributed by atoms with Crippen molar-refractivity contribution >= 4 is 46.8 Å². The molecule has 0 saturated heterocycles. The van der Waals surface area contributed by atoms with E-state index in [4.69, 9.17) is 16.3 Å². The van der Waals surface area contributed by atoms with Gasteiger partial charge in [-0.2, -0.15) is 0 Å². The highest BCUT2D eigenvalue weighted by atomic mass is 35.5. The van der Waals surface area contributed by atoms with E-state index in [1.165, 1.54) is 11.8 Å². The molecular formula is C23H24ClN5O4S. The third-order valence-electron chi connectivity index (χ3n) is 4.63. The van der Waals surface area contributed by atoms with Crippen molar-refractivity contribution in [3.05, 3.63) is 70.5 Å². The lowest BCUT2D eigenvalue weighted by Gasteiger charge is -2.10. The summed E-state index contributed by atoms with van der Waals surface area (Å²) < 4.78 is 6.81. The van der Waals surface area contributed by atoms with Crippen molar-refractivity contribution in [1.29, 1.82) is 0 Å². The highest BCUT2D eigenvalue weighted by Crippen LogP contribution is 2.19. The summed E-state index contributed by atoms with van der Waals surface area (Å²) >= 11 is 7.30. The molecule has 0 atom stereocenters. The Kier molecular flexibility index (Phi) is 9.06. The molecule has 2 aromatic carbocycles. The predicted molar refractivity (Wildman–Crippen MR) is 130 cm³/mol. The maximum Gasteiger partial charge on any atom is 0.338 e. The van der Waals surface area contributed by atoms with Crippen LogP contribution in [-0.4, -0.2) is 44.9 Å². The molecule has 0 spiro atoms. The van der Waals surface area contributed by atoms with Crippen LogP contribution in [0, 0.1) is 0 Å². The van der Waals surface area contributed by atoms with Gasteiger partial charge in [-0.05, 0) is 44.2 Å². The topological polar surface area (TPSA) is 115 Å². The van der Waals surface area contributed by atoms with E-state index in [1.807, 2.05) is 11.5 Å². The zero-order valence-electron chi connectivity index (χ0n) is 18.7. The molecule has 178 valence electrons. The molecule has 0 fully saturated rings. The number of carbonyl (C=O) groups is 3. The Morgan fingerprint density at radius 3 is 2.62 bits per heavy atom. The number of carbonyl (C=O) groups excluding carboxylic acids is 3. The van der Waals surface area contributed by atoms with Gasteiger partial charge in [0.15, 0.2) is 11.0 Å². The average Bonchev–Trinajstić information content (AvgIpc) is 3.23. The standard InChI is InChI=1S/C23H24ClN5O4S/c1-3-29-19(13-25-21(31)17-10-5-6-11-18(17)24)27-28-23(29)34-14-20(30)26-16-9-7-8-15(12-16)22(32)33-4-2/h5-12H,3-4,13-14H2,1-2H3,(H,25,31)(H,26,30). The molecule has 9 nitrogen and oxygen atoms in total. The molecule has 34 heavy (non-hydrogen) atoms. The van der Waals surface area contributed by atoms with Crippen molar-refractivity contribution in [1.82, 2.24) is 20.1 Å². The summed E-state index contributed by atoms with van der Waals surface area (Å²) in [4.78, 5) is 36.7. The van der Waals surface area contributed by atoms with Crippen LogP contribution < -0.4 is 10.6 Å². The summed E-state index contributed by atoms with van der Waals surface area (Å²) in [5.41, 5.74) is 1.24. The maximum absolute atomic E-state index is 12.4. The number of ether oxygens (including phenoxy) is 1. The quantitative estimate of drug-likeness (QED) is 0.321. The van der Waals surface area contributed by atoms with Gasteiger partial charge in [-0.3, -0.25) is 9.59 Å². The number of hydrogen-bond donors (Lipinski definition) is 2. The highest BCUT2D eigenvalue weighted by molar-refractivity contribution is 7.99. The monoisotopic (exact) mass is 501 g/mol. The predicted octanol–water partition coefficient (Wildman–Crippen LogP) is 3.79. The molecule has 0 aliphatic carbocycles. The van der Waals surface area contributed by atoms with Crippen LogP contribution >= 0.6 is 23.4 Å². The molecule has 0 bridgehead atoms. The fourth-order valence-corrected chi connectivity index (χ4v) is 4.08. The lowest BCUT2D eigenvalue weighted by molar-refractivity contribution is -0.113. The second-order valence-electron chi connectivity index (χ2n) is 6.94. The number of hydrogen-bond acceptors (Lipinski definition) is 7. The van der Waals surface area contributed by atoms with Gasteiger partial charge in [0.05, 0.1) is 35.1 Å². The smallest absolute Gasteiger partial charge is 0.338 e. The van der Waals surface area contributed by atoms with Gasteiger partial charge in [0, 0.05) is 12.2 Å². The van der Waals surface area contributed by atoms with Crippen LogP contribution in [0.25, 0.3) is 0 Å². The normalized spacial score (nSPS) is 10.6. The number of nitrogens with zero attached hydrogens (tertiary/aromatic N) is 3. The summed E-state index contributed by atoms with van der Waals surface area (Å²) in [6.07, 6.45) is 0. The average molecular weight is 502 g/mol. The zero-order chi connectivity index (χ0) is 24.5. The summed E-state index contributed by atoms with van der Waals surface area (Å²) in [5.74, 6) is -0.362. The molecule has 2 amide bonds. The molecule has 0 aliphatic heterocycles. The van der Waals surface area contributed by atoms with Gasteiger partial charge in [-0.25, -0.2) is 4.79 Å². The van der Waals surface area contributed by atoms with Crippen LogP contribution in [0.2, 0.25) is 5.02 Å². The van der Waals surface area contributed by atoms with Crippen LogP contribution in [0.3, 0.4) is 0 Å². The van der Waals surface area contributed by atoms with Crippen LogP contribution in [0.15, 0.2) is 53.7 Å². The summed E-state index contributed by atoms with van der Waals surface area (Å²) in [7, 11) is 0.